The van der Waals surface area contributed by atoms with E-state index in [4.69, 9.17) is 11.0 Å². The highest BCUT2D eigenvalue weighted by atomic mass is 19.1. The molecule has 2 nitrogen and oxygen atoms in total. The molecule has 0 aromatic heterocycles. The maximum Gasteiger partial charge on any atom is 0.115 e. The lowest BCUT2D eigenvalue weighted by atomic mass is 10.2. The summed E-state index contributed by atoms with van der Waals surface area (Å²) in [4.78, 5) is 0. The van der Waals surface area contributed by atoms with Gasteiger partial charge in [-0.2, -0.15) is 5.26 Å². The van der Waals surface area contributed by atoms with Crippen molar-refractivity contribution in [2.45, 2.75) is 13.8 Å². The maximum absolute atomic E-state index is 12.3. The Morgan fingerprint density at radius 1 is 1.60 bits per heavy atom. The molecule has 0 unspecified atom stereocenters. The van der Waals surface area contributed by atoms with Crippen LogP contribution < -0.4 is 5.73 Å². The third-order valence-electron chi connectivity index (χ3n) is 0.864. The number of nitriles is 1. The molecule has 0 spiro atoms. The molecule has 3 heteroatoms. The highest BCUT2D eigenvalue weighted by Gasteiger charge is 1.95. The van der Waals surface area contributed by atoms with E-state index in [0.717, 1.165) is 0 Å². The number of hydrogen-bond acceptors (Lipinski definition) is 2. The van der Waals surface area contributed by atoms with Gasteiger partial charge in [0.15, 0.2) is 0 Å². The van der Waals surface area contributed by atoms with Crippen LogP contribution in [0, 0.1) is 11.3 Å². The minimum atomic E-state index is -0.507. The number of nitrogens with two attached hydrogens (primary N) is 1. The van der Waals surface area contributed by atoms with Crippen LogP contribution in [0.2, 0.25) is 0 Å². The van der Waals surface area contributed by atoms with Gasteiger partial charge in [-0.3, -0.25) is 0 Å². The van der Waals surface area contributed by atoms with Gasteiger partial charge in [0.25, 0.3) is 0 Å². The summed E-state index contributed by atoms with van der Waals surface area (Å²) in [5.41, 5.74) is 5.63. The van der Waals surface area contributed by atoms with Gasteiger partial charge in [-0.15, -0.1) is 0 Å². The van der Waals surface area contributed by atoms with Crippen molar-refractivity contribution in [1.29, 1.82) is 5.26 Å². The van der Waals surface area contributed by atoms with E-state index in [0.29, 0.717) is 5.70 Å². The third-order valence-corrected chi connectivity index (χ3v) is 0.864. The number of nitrogens with zero attached hydrogens (tertiary/aromatic N) is 1. The van der Waals surface area contributed by atoms with Gasteiger partial charge < -0.3 is 5.73 Å². The van der Waals surface area contributed by atoms with E-state index in [1.807, 2.05) is 0 Å². The van der Waals surface area contributed by atoms with Gasteiger partial charge in [-0.05, 0) is 19.9 Å². The first-order valence-electron chi connectivity index (χ1n) is 2.78. The van der Waals surface area contributed by atoms with Crippen LogP contribution in [0.4, 0.5) is 4.39 Å². The van der Waals surface area contributed by atoms with Crippen molar-refractivity contribution in [1.82, 2.24) is 0 Å². The van der Waals surface area contributed by atoms with Gasteiger partial charge in [0.2, 0.25) is 0 Å². The molecule has 54 valence electrons. The van der Waals surface area contributed by atoms with Crippen LogP contribution in [0.1, 0.15) is 13.8 Å². The Morgan fingerprint density at radius 3 is 2.20 bits per heavy atom. The van der Waals surface area contributed by atoms with Crippen molar-refractivity contribution in [3.63, 3.8) is 0 Å². The number of rotatable bonds is 1. The SMILES string of the molecule is C/C(F)=C(C#N)\C=C(/C)N. The van der Waals surface area contributed by atoms with Gasteiger partial charge in [0.05, 0.1) is 5.57 Å². The van der Waals surface area contributed by atoms with Crippen LogP contribution in [0.5, 0.6) is 0 Å². The van der Waals surface area contributed by atoms with Gasteiger partial charge in [0, 0.05) is 5.70 Å². The lowest BCUT2D eigenvalue weighted by molar-refractivity contribution is 0.635. The summed E-state index contributed by atoms with van der Waals surface area (Å²) in [6, 6.07) is 1.68. The van der Waals surface area contributed by atoms with E-state index in [1.54, 1.807) is 13.0 Å². The first-order valence-corrected chi connectivity index (χ1v) is 2.78. The van der Waals surface area contributed by atoms with Crippen molar-refractivity contribution in [2.75, 3.05) is 0 Å². The molecule has 0 saturated carbocycles. The smallest absolute Gasteiger partial charge is 0.115 e. The molecule has 0 bridgehead atoms. The van der Waals surface area contributed by atoms with E-state index in [1.165, 1.54) is 13.0 Å². The predicted molar refractivity (Wildman–Crippen MR) is 37.4 cm³/mol. The normalized spacial score (nSPS) is 14.0. The molecule has 0 aliphatic carbocycles. The standard InChI is InChI=1S/C7H9FN2/c1-5(10)3-7(4-9)6(2)8/h3H,10H2,1-2H3/b5-3+,7-6-. The summed E-state index contributed by atoms with van der Waals surface area (Å²) in [5, 5.41) is 8.30. The first kappa shape index (κ1) is 8.70. The van der Waals surface area contributed by atoms with Crippen LogP contribution >= 0.6 is 0 Å². The van der Waals surface area contributed by atoms with Crippen LogP contribution in [-0.4, -0.2) is 0 Å². The van der Waals surface area contributed by atoms with Crippen molar-refractivity contribution in [3.05, 3.63) is 23.2 Å². The van der Waals surface area contributed by atoms with Gasteiger partial charge >= 0.3 is 0 Å². The monoisotopic (exact) mass is 140 g/mol. The molecule has 0 aromatic rings. The minimum Gasteiger partial charge on any atom is -0.402 e. The van der Waals surface area contributed by atoms with Crippen molar-refractivity contribution < 1.29 is 4.39 Å². The average molecular weight is 140 g/mol. The van der Waals surface area contributed by atoms with Gasteiger partial charge in [-0.25, -0.2) is 4.39 Å². The highest BCUT2D eigenvalue weighted by Crippen LogP contribution is 2.06. The summed E-state index contributed by atoms with van der Waals surface area (Å²) >= 11 is 0. The molecule has 0 aromatic carbocycles. The summed E-state index contributed by atoms with van der Waals surface area (Å²) < 4.78 is 12.3. The summed E-state index contributed by atoms with van der Waals surface area (Å²) in [6.07, 6.45) is 1.30. The molecule has 0 amide bonds. The Kier molecular flexibility index (Phi) is 3.20. The van der Waals surface area contributed by atoms with Gasteiger partial charge in [-0.1, -0.05) is 0 Å². The van der Waals surface area contributed by atoms with E-state index in [9.17, 15) is 4.39 Å². The Morgan fingerprint density at radius 2 is 2.10 bits per heavy atom. The van der Waals surface area contributed by atoms with Crippen molar-refractivity contribution in [2.24, 2.45) is 5.73 Å². The molecule has 10 heavy (non-hydrogen) atoms. The zero-order valence-electron chi connectivity index (χ0n) is 5.98. The molecule has 0 aliphatic rings. The molecule has 0 heterocycles. The van der Waals surface area contributed by atoms with Crippen LogP contribution in [0.15, 0.2) is 23.2 Å². The number of halogens is 1. The molecule has 0 aliphatic heterocycles. The fourth-order valence-corrected chi connectivity index (χ4v) is 0.436. The summed E-state index contributed by atoms with van der Waals surface area (Å²) in [7, 11) is 0. The summed E-state index contributed by atoms with van der Waals surface area (Å²) in [5.74, 6) is -0.507. The zero-order chi connectivity index (χ0) is 8.15. The highest BCUT2D eigenvalue weighted by molar-refractivity contribution is 5.35. The largest absolute Gasteiger partial charge is 0.402 e. The average Bonchev–Trinajstić information content (AvgIpc) is 1.81. The predicted octanol–water partition coefficient (Wildman–Crippen LogP) is 1.62. The van der Waals surface area contributed by atoms with Crippen LogP contribution in [-0.2, 0) is 0 Å². The Hall–Kier alpha value is -1.30. The van der Waals surface area contributed by atoms with E-state index in [2.05, 4.69) is 0 Å². The molecule has 0 rings (SSSR count). The molecule has 0 fully saturated rings. The Bertz CT molecular complexity index is 212. The summed E-state index contributed by atoms with van der Waals surface area (Å²) in [6.45, 7) is 2.82. The zero-order valence-corrected chi connectivity index (χ0v) is 5.98. The van der Waals surface area contributed by atoms with Crippen LogP contribution in [0.3, 0.4) is 0 Å². The minimum absolute atomic E-state index is 0.0139. The fourth-order valence-electron chi connectivity index (χ4n) is 0.436. The second kappa shape index (κ2) is 3.67. The van der Waals surface area contributed by atoms with Gasteiger partial charge in [0.1, 0.15) is 11.9 Å². The topological polar surface area (TPSA) is 49.8 Å². The molecular weight excluding hydrogens is 131 g/mol. The van der Waals surface area contributed by atoms with E-state index < -0.39 is 5.83 Å². The Labute approximate surface area is 59.4 Å². The molecule has 2 N–H and O–H groups in total. The van der Waals surface area contributed by atoms with Crippen molar-refractivity contribution >= 4 is 0 Å². The Balaban J connectivity index is 4.62. The second-order valence-electron chi connectivity index (χ2n) is 1.95. The maximum atomic E-state index is 12.3. The van der Waals surface area contributed by atoms with E-state index >= 15 is 0 Å². The fraction of sp³-hybridized carbons (Fsp3) is 0.286. The first-order chi connectivity index (χ1) is 4.57. The third kappa shape index (κ3) is 2.88. The molecule has 0 radical (unpaired) electrons. The van der Waals surface area contributed by atoms with Crippen LogP contribution in [0.25, 0.3) is 0 Å². The molecule has 0 atom stereocenters. The molecule has 0 saturated heterocycles. The quantitative estimate of drug-likeness (QED) is 0.444. The van der Waals surface area contributed by atoms with E-state index in [-0.39, 0.29) is 5.57 Å². The lowest BCUT2D eigenvalue weighted by Gasteiger charge is -1.90. The number of allylic oxidation sites excluding steroid dienone is 4. The second-order valence-corrected chi connectivity index (χ2v) is 1.95. The molecular formula is C7H9FN2. The van der Waals surface area contributed by atoms with Crippen molar-refractivity contribution in [3.8, 4) is 6.07 Å². The number of hydrogen-bond donors (Lipinski definition) is 1. The lowest BCUT2D eigenvalue weighted by Crippen LogP contribution is -1.91.